The molecular formula is C19H18FN3O2S. The summed E-state index contributed by atoms with van der Waals surface area (Å²) in [6.45, 7) is 2.32. The number of carbonyl (C=O) groups excluding carboxylic acids is 2. The Labute approximate surface area is 154 Å². The summed E-state index contributed by atoms with van der Waals surface area (Å²) in [4.78, 5) is 28.3. The number of anilines is 1. The highest BCUT2D eigenvalue weighted by atomic mass is 32.1. The van der Waals surface area contributed by atoms with Crippen molar-refractivity contribution in [2.45, 2.75) is 19.8 Å². The standard InChI is InChI=1S/C19H18FN3O2S/c1-12-22-16-9-8-15(11-17(16)26-12)23-18(24)3-2-10-21-19(25)13-4-6-14(20)7-5-13/h4-9,11H,2-3,10H2,1H3,(H,21,25)(H,23,24). The minimum absolute atomic E-state index is 0.110. The average molecular weight is 371 g/mol. The Morgan fingerprint density at radius 2 is 1.92 bits per heavy atom. The van der Waals surface area contributed by atoms with Gasteiger partial charge in [0.2, 0.25) is 5.91 Å². The van der Waals surface area contributed by atoms with Gasteiger partial charge in [-0.2, -0.15) is 0 Å². The molecule has 0 bridgehead atoms. The molecule has 0 radical (unpaired) electrons. The van der Waals surface area contributed by atoms with Crippen molar-refractivity contribution in [3.05, 3.63) is 58.9 Å². The number of fused-ring (bicyclic) bond motifs is 1. The summed E-state index contributed by atoms with van der Waals surface area (Å²) in [6.07, 6.45) is 0.810. The fourth-order valence-electron chi connectivity index (χ4n) is 2.50. The Bertz CT molecular complexity index is 938. The van der Waals surface area contributed by atoms with Gasteiger partial charge in [-0.3, -0.25) is 9.59 Å². The lowest BCUT2D eigenvalue weighted by Gasteiger charge is -2.07. The van der Waals surface area contributed by atoms with Crippen LogP contribution in [-0.2, 0) is 4.79 Å². The lowest BCUT2D eigenvalue weighted by molar-refractivity contribution is -0.116. The van der Waals surface area contributed by atoms with E-state index in [4.69, 9.17) is 0 Å². The van der Waals surface area contributed by atoms with Crippen LogP contribution in [0.25, 0.3) is 10.2 Å². The molecule has 0 unspecified atom stereocenters. The van der Waals surface area contributed by atoms with Gasteiger partial charge in [-0.25, -0.2) is 9.37 Å². The zero-order valence-electron chi connectivity index (χ0n) is 14.2. The minimum atomic E-state index is -0.384. The van der Waals surface area contributed by atoms with E-state index in [2.05, 4.69) is 15.6 Å². The molecule has 26 heavy (non-hydrogen) atoms. The number of hydrogen-bond donors (Lipinski definition) is 2. The quantitative estimate of drug-likeness (QED) is 0.646. The summed E-state index contributed by atoms with van der Waals surface area (Å²) < 4.78 is 13.9. The number of rotatable bonds is 6. The third-order valence-corrected chi connectivity index (χ3v) is 4.69. The van der Waals surface area contributed by atoms with Crippen molar-refractivity contribution in [1.29, 1.82) is 0 Å². The third-order valence-electron chi connectivity index (χ3n) is 3.75. The minimum Gasteiger partial charge on any atom is -0.352 e. The highest BCUT2D eigenvalue weighted by Crippen LogP contribution is 2.24. The predicted octanol–water partition coefficient (Wildman–Crippen LogP) is 3.89. The highest BCUT2D eigenvalue weighted by Gasteiger charge is 2.07. The fourth-order valence-corrected chi connectivity index (χ4v) is 3.36. The Morgan fingerprint density at radius 3 is 2.69 bits per heavy atom. The van der Waals surface area contributed by atoms with Crippen molar-refractivity contribution in [3.63, 3.8) is 0 Å². The molecule has 2 aromatic carbocycles. The van der Waals surface area contributed by atoms with Crippen LogP contribution >= 0.6 is 11.3 Å². The second-order valence-corrected chi connectivity index (χ2v) is 7.06. The molecule has 0 aliphatic heterocycles. The first-order valence-corrected chi connectivity index (χ1v) is 9.04. The first kappa shape index (κ1) is 18.0. The summed E-state index contributed by atoms with van der Waals surface area (Å²) in [5.41, 5.74) is 2.06. The monoisotopic (exact) mass is 371 g/mol. The summed E-state index contributed by atoms with van der Waals surface area (Å²) in [5.74, 6) is -0.775. The lowest BCUT2D eigenvalue weighted by Crippen LogP contribution is -2.25. The van der Waals surface area contributed by atoms with Gasteiger partial charge in [-0.15, -0.1) is 11.3 Å². The molecular weight excluding hydrogens is 353 g/mol. The molecule has 7 heteroatoms. The molecule has 0 spiro atoms. The molecule has 0 aliphatic carbocycles. The first-order valence-electron chi connectivity index (χ1n) is 8.22. The van der Waals surface area contributed by atoms with Gasteiger partial charge in [0.25, 0.3) is 5.91 Å². The van der Waals surface area contributed by atoms with Gasteiger partial charge in [0.1, 0.15) is 5.82 Å². The lowest BCUT2D eigenvalue weighted by atomic mass is 10.2. The molecule has 134 valence electrons. The smallest absolute Gasteiger partial charge is 0.251 e. The number of thiazole rings is 1. The van der Waals surface area contributed by atoms with E-state index in [1.807, 2.05) is 25.1 Å². The van der Waals surface area contributed by atoms with E-state index in [1.165, 1.54) is 24.3 Å². The van der Waals surface area contributed by atoms with Crippen LogP contribution < -0.4 is 10.6 Å². The Kier molecular flexibility index (Phi) is 5.58. The number of carbonyl (C=O) groups is 2. The number of aromatic nitrogens is 1. The maximum atomic E-state index is 12.8. The number of hydrogen-bond acceptors (Lipinski definition) is 4. The van der Waals surface area contributed by atoms with Gasteiger partial charge >= 0.3 is 0 Å². The molecule has 1 heterocycles. The SMILES string of the molecule is Cc1nc2ccc(NC(=O)CCCNC(=O)c3ccc(F)cc3)cc2s1. The first-order chi connectivity index (χ1) is 12.5. The normalized spacial score (nSPS) is 10.7. The van der Waals surface area contributed by atoms with Crippen LogP contribution in [-0.4, -0.2) is 23.3 Å². The summed E-state index contributed by atoms with van der Waals surface area (Å²) in [5, 5.41) is 6.56. The molecule has 0 saturated carbocycles. The number of nitrogens with one attached hydrogen (secondary N) is 2. The summed E-state index contributed by atoms with van der Waals surface area (Å²) in [6, 6.07) is 11.0. The molecule has 2 amide bonds. The summed E-state index contributed by atoms with van der Waals surface area (Å²) in [7, 11) is 0. The van der Waals surface area contributed by atoms with Crippen molar-refractivity contribution in [2.75, 3.05) is 11.9 Å². The summed E-state index contributed by atoms with van der Waals surface area (Å²) >= 11 is 1.58. The molecule has 0 atom stereocenters. The van der Waals surface area contributed by atoms with Crippen LogP contribution in [0.4, 0.5) is 10.1 Å². The van der Waals surface area contributed by atoms with Crippen LogP contribution in [0.3, 0.4) is 0 Å². The predicted molar refractivity (Wildman–Crippen MR) is 101 cm³/mol. The van der Waals surface area contributed by atoms with Crippen molar-refractivity contribution >= 4 is 39.1 Å². The largest absolute Gasteiger partial charge is 0.352 e. The van der Waals surface area contributed by atoms with Crippen molar-refractivity contribution in [2.24, 2.45) is 0 Å². The number of aryl methyl sites for hydroxylation is 1. The van der Waals surface area contributed by atoms with Gasteiger partial charge < -0.3 is 10.6 Å². The average Bonchev–Trinajstić information content (AvgIpc) is 2.98. The zero-order valence-corrected chi connectivity index (χ0v) is 15.0. The van der Waals surface area contributed by atoms with Crippen LogP contribution in [0, 0.1) is 12.7 Å². The highest BCUT2D eigenvalue weighted by molar-refractivity contribution is 7.18. The van der Waals surface area contributed by atoms with E-state index in [9.17, 15) is 14.0 Å². The molecule has 3 aromatic rings. The maximum absolute atomic E-state index is 12.8. The number of amides is 2. The molecule has 2 N–H and O–H groups in total. The van der Waals surface area contributed by atoms with Gasteiger partial charge in [0.05, 0.1) is 15.2 Å². The van der Waals surface area contributed by atoms with E-state index in [1.54, 1.807) is 11.3 Å². The third kappa shape index (κ3) is 4.64. The van der Waals surface area contributed by atoms with Crippen LogP contribution in [0.5, 0.6) is 0 Å². The second kappa shape index (κ2) is 8.05. The topological polar surface area (TPSA) is 71.1 Å². The van der Waals surface area contributed by atoms with E-state index in [-0.39, 0.29) is 17.6 Å². The molecule has 5 nitrogen and oxygen atoms in total. The van der Waals surface area contributed by atoms with Gasteiger partial charge in [0.15, 0.2) is 0 Å². The molecule has 3 rings (SSSR count). The van der Waals surface area contributed by atoms with Crippen molar-refractivity contribution in [3.8, 4) is 0 Å². The van der Waals surface area contributed by atoms with Gasteiger partial charge in [0, 0.05) is 24.2 Å². The zero-order chi connectivity index (χ0) is 18.5. The molecule has 1 aromatic heterocycles. The molecule has 0 aliphatic rings. The maximum Gasteiger partial charge on any atom is 0.251 e. The van der Waals surface area contributed by atoms with Crippen molar-refractivity contribution < 1.29 is 14.0 Å². The second-order valence-electron chi connectivity index (χ2n) is 5.83. The van der Waals surface area contributed by atoms with E-state index >= 15 is 0 Å². The number of nitrogens with zero attached hydrogens (tertiary/aromatic N) is 1. The Balaban J connectivity index is 1.43. The van der Waals surface area contributed by atoms with Gasteiger partial charge in [-0.1, -0.05) is 0 Å². The van der Waals surface area contributed by atoms with Crippen LogP contribution in [0.2, 0.25) is 0 Å². The van der Waals surface area contributed by atoms with Gasteiger partial charge in [-0.05, 0) is 55.8 Å². The number of halogens is 1. The van der Waals surface area contributed by atoms with E-state index < -0.39 is 0 Å². The Morgan fingerprint density at radius 1 is 1.15 bits per heavy atom. The fraction of sp³-hybridized carbons (Fsp3) is 0.211. The van der Waals surface area contributed by atoms with Crippen LogP contribution in [0.15, 0.2) is 42.5 Å². The Hall–Kier alpha value is -2.80. The number of benzene rings is 2. The van der Waals surface area contributed by atoms with E-state index in [0.29, 0.717) is 24.9 Å². The molecule has 0 fully saturated rings. The molecule has 0 saturated heterocycles. The van der Waals surface area contributed by atoms with Crippen molar-refractivity contribution in [1.82, 2.24) is 10.3 Å². The van der Waals surface area contributed by atoms with Crippen LogP contribution in [0.1, 0.15) is 28.2 Å². The van der Waals surface area contributed by atoms with E-state index in [0.717, 1.165) is 20.9 Å².